The van der Waals surface area contributed by atoms with Crippen LogP contribution in [0.4, 0.5) is 5.82 Å². The van der Waals surface area contributed by atoms with Crippen molar-refractivity contribution in [3.05, 3.63) is 16.5 Å². The van der Waals surface area contributed by atoms with Gasteiger partial charge in [0.05, 0.1) is 6.33 Å². The number of anilines is 1. The van der Waals surface area contributed by atoms with Gasteiger partial charge in [-0.3, -0.25) is 4.57 Å². The molecule has 11 heteroatoms. The van der Waals surface area contributed by atoms with Gasteiger partial charge in [0, 0.05) is 0 Å². The van der Waals surface area contributed by atoms with Crippen LogP contribution in [0.25, 0.3) is 11.2 Å². The summed E-state index contributed by atoms with van der Waals surface area (Å²) in [7, 11) is 0. The Morgan fingerprint density at radius 1 is 1.43 bits per heavy atom. The molecule has 0 radical (unpaired) electrons. The predicted octanol–water partition coefficient (Wildman–Crippen LogP) is -0.553. The van der Waals surface area contributed by atoms with E-state index in [2.05, 4.69) is 20.1 Å². The maximum atomic E-state index is 10.3. The van der Waals surface area contributed by atoms with Crippen LogP contribution in [-0.4, -0.2) is 54.6 Å². The Morgan fingerprint density at radius 2 is 2.19 bits per heavy atom. The number of nitrogens with zero attached hydrogens (tertiary/aromatic N) is 5. The average Bonchev–Trinajstić information content (AvgIpc) is 2.96. The van der Waals surface area contributed by atoms with E-state index in [1.165, 1.54) is 10.9 Å². The summed E-state index contributed by atoms with van der Waals surface area (Å²) in [4.78, 5) is 22.1. The monoisotopic (exact) mass is 314 g/mol. The molecule has 4 atom stereocenters. The topological polar surface area (TPSA) is 149 Å². The first-order valence-corrected chi connectivity index (χ1v) is 6.37. The van der Waals surface area contributed by atoms with E-state index in [1.807, 2.05) is 0 Å². The van der Waals surface area contributed by atoms with Crippen LogP contribution in [-0.2, 0) is 4.74 Å². The number of nitrogen functional groups attached to an aromatic ring is 1. The van der Waals surface area contributed by atoms with E-state index in [4.69, 9.17) is 22.1 Å². The molecule has 0 bridgehead atoms. The van der Waals surface area contributed by atoms with Crippen LogP contribution in [0.5, 0.6) is 0 Å². The lowest BCUT2D eigenvalue weighted by atomic mass is 10.1. The first-order chi connectivity index (χ1) is 10.0. The van der Waals surface area contributed by atoms with E-state index in [0.717, 1.165) is 0 Å². The van der Waals surface area contributed by atoms with E-state index in [1.54, 1.807) is 0 Å². The molecule has 1 fully saturated rings. The summed E-state index contributed by atoms with van der Waals surface area (Å²) >= 11 is 5.75. The molecule has 0 unspecified atom stereocenters. The fourth-order valence-corrected chi connectivity index (χ4v) is 2.45. The number of rotatable bonds is 3. The second-order valence-electron chi connectivity index (χ2n) is 4.56. The van der Waals surface area contributed by atoms with Crippen molar-refractivity contribution in [3.63, 3.8) is 0 Å². The normalized spacial score (nSPS) is 29.1. The minimum atomic E-state index is -1.27. The summed E-state index contributed by atoms with van der Waals surface area (Å²) in [6.45, 7) is -0.279. The zero-order valence-corrected chi connectivity index (χ0v) is 11.3. The van der Waals surface area contributed by atoms with Gasteiger partial charge in [-0.2, -0.15) is 14.9 Å². The number of hydrogen-bond donors (Lipinski definition) is 3. The number of hydrogen-bond acceptors (Lipinski definition) is 9. The highest BCUT2D eigenvalue weighted by Gasteiger charge is 2.44. The van der Waals surface area contributed by atoms with Gasteiger partial charge < -0.3 is 20.7 Å². The Hall–Kier alpha value is -1.88. The molecular formula is C10H11ClN6O4. The van der Waals surface area contributed by atoms with Crippen molar-refractivity contribution < 1.29 is 14.9 Å². The quantitative estimate of drug-likeness (QED) is 0.504. The van der Waals surface area contributed by atoms with Gasteiger partial charge in [0.1, 0.15) is 30.4 Å². The molecule has 21 heavy (non-hydrogen) atoms. The molecule has 1 saturated heterocycles. The summed E-state index contributed by atoms with van der Waals surface area (Å²) in [5.41, 5.74) is 6.23. The van der Waals surface area contributed by atoms with Gasteiger partial charge in [-0.25, -0.2) is 4.98 Å². The van der Waals surface area contributed by atoms with Crippen molar-refractivity contribution in [1.82, 2.24) is 19.5 Å². The molecule has 0 spiro atoms. The Kier molecular flexibility index (Phi) is 3.45. The zero-order valence-electron chi connectivity index (χ0n) is 10.5. The first-order valence-electron chi connectivity index (χ1n) is 5.99. The maximum absolute atomic E-state index is 10.3. The van der Waals surface area contributed by atoms with Crippen molar-refractivity contribution in [3.8, 4) is 0 Å². The molecule has 3 rings (SSSR count). The molecule has 2 aromatic rings. The molecule has 112 valence electrons. The highest BCUT2D eigenvalue weighted by atomic mass is 35.5. The lowest BCUT2D eigenvalue weighted by molar-refractivity contribution is -0.0321. The van der Waals surface area contributed by atoms with Gasteiger partial charge in [0.15, 0.2) is 17.7 Å². The standard InChI is InChI=1S/C10H11ClN6O4/c11-10-15-7(12)4-8(16-10)17(2-13-4)9-6(19)5(18)3(21-9)1-14-20/h2-3,5-6,9,18-19H,1H2,(H2,12,15,16)/t3-,5-,6-,9-/m1/s1. The molecule has 0 saturated carbocycles. The first kappa shape index (κ1) is 14.1. The van der Waals surface area contributed by atoms with Crippen LogP contribution >= 0.6 is 11.6 Å². The van der Waals surface area contributed by atoms with Crippen LogP contribution in [0.15, 0.2) is 11.5 Å². The number of imidazole rings is 1. The number of aliphatic hydroxyl groups excluding tert-OH is 2. The lowest BCUT2D eigenvalue weighted by Crippen LogP contribution is -2.32. The molecular weight excluding hydrogens is 304 g/mol. The third kappa shape index (κ3) is 2.21. The Morgan fingerprint density at radius 3 is 2.90 bits per heavy atom. The van der Waals surface area contributed by atoms with Crippen LogP contribution in [0.2, 0.25) is 5.28 Å². The molecule has 0 amide bonds. The third-order valence-corrected chi connectivity index (χ3v) is 3.46. The van der Waals surface area contributed by atoms with E-state index >= 15 is 0 Å². The van der Waals surface area contributed by atoms with E-state index in [0.29, 0.717) is 5.52 Å². The van der Waals surface area contributed by atoms with Gasteiger partial charge in [-0.1, -0.05) is 5.18 Å². The third-order valence-electron chi connectivity index (χ3n) is 3.29. The summed E-state index contributed by atoms with van der Waals surface area (Å²) in [5, 5.41) is 22.5. The molecule has 1 aliphatic rings. The fourth-order valence-electron chi connectivity index (χ4n) is 2.28. The smallest absolute Gasteiger partial charge is 0.226 e. The molecule has 1 aliphatic heterocycles. The van der Waals surface area contributed by atoms with E-state index in [9.17, 15) is 15.1 Å². The number of aliphatic hydroxyl groups is 2. The van der Waals surface area contributed by atoms with Gasteiger partial charge in [0.25, 0.3) is 0 Å². The molecule has 3 heterocycles. The molecule has 10 nitrogen and oxygen atoms in total. The van der Waals surface area contributed by atoms with Crippen molar-refractivity contribution in [2.75, 3.05) is 12.3 Å². The largest absolute Gasteiger partial charge is 0.387 e. The maximum Gasteiger partial charge on any atom is 0.226 e. The Bertz CT molecular complexity index is 693. The highest BCUT2D eigenvalue weighted by Crippen LogP contribution is 2.32. The Balaban J connectivity index is 2.03. The van der Waals surface area contributed by atoms with Crippen molar-refractivity contribution in [2.45, 2.75) is 24.5 Å². The number of ether oxygens (including phenoxy) is 1. The van der Waals surface area contributed by atoms with Crippen LogP contribution in [0.3, 0.4) is 0 Å². The molecule has 0 aliphatic carbocycles. The van der Waals surface area contributed by atoms with Gasteiger partial charge in [0.2, 0.25) is 5.28 Å². The summed E-state index contributed by atoms with van der Waals surface area (Å²) in [5.74, 6) is 0.0860. The van der Waals surface area contributed by atoms with Crippen LogP contribution < -0.4 is 5.73 Å². The predicted molar refractivity (Wildman–Crippen MR) is 71.3 cm³/mol. The number of aromatic nitrogens is 4. The average molecular weight is 315 g/mol. The zero-order chi connectivity index (χ0) is 15.1. The summed E-state index contributed by atoms with van der Waals surface area (Å²) < 4.78 is 6.82. The minimum Gasteiger partial charge on any atom is -0.387 e. The van der Waals surface area contributed by atoms with Crippen molar-refractivity contribution in [1.29, 1.82) is 0 Å². The molecule has 4 N–H and O–H groups in total. The number of nitrogens with two attached hydrogens (primary N) is 1. The second-order valence-corrected chi connectivity index (χ2v) is 4.90. The fraction of sp³-hybridized carbons (Fsp3) is 0.500. The molecule has 2 aromatic heterocycles. The number of fused-ring (bicyclic) bond motifs is 1. The summed E-state index contributed by atoms with van der Waals surface area (Å²) in [6, 6.07) is 0. The number of nitroso groups, excluding NO2 is 1. The van der Waals surface area contributed by atoms with Gasteiger partial charge in [-0.05, 0) is 11.6 Å². The SMILES string of the molecule is Nc1nc(Cl)nc2c1ncn2[C@@H]1O[C@H](CN=O)[C@@H](O)[C@H]1O. The van der Waals surface area contributed by atoms with E-state index in [-0.39, 0.29) is 23.3 Å². The molecule has 0 aromatic carbocycles. The van der Waals surface area contributed by atoms with Crippen molar-refractivity contribution >= 4 is 28.6 Å². The van der Waals surface area contributed by atoms with Crippen molar-refractivity contribution in [2.24, 2.45) is 5.18 Å². The van der Waals surface area contributed by atoms with Gasteiger partial charge in [-0.15, -0.1) is 0 Å². The summed E-state index contributed by atoms with van der Waals surface area (Å²) in [6.07, 6.45) is -3.08. The second kappa shape index (κ2) is 5.15. The number of halogens is 1. The Labute approximate surface area is 122 Å². The minimum absolute atomic E-state index is 0.0825. The van der Waals surface area contributed by atoms with Crippen LogP contribution in [0.1, 0.15) is 6.23 Å². The van der Waals surface area contributed by atoms with E-state index < -0.39 is 24.5 Å². The lowest BCUT2D eigenvalue weighted by Gasteiger charge is -2.16. The van der Waals surface area contributed by atoms with Crippen LogP contribution in [0, 0.1) is 4.91 Å². The highest BCUT2D eigenvalue weighted by molar-refractivity contribution is 6.28. The van der Waals surface area contributed by atoms with Gasteiger partial charge >= 0.3 is 0 Å².